The minimum absolute atomic E-state index is 0.125. The van der Waals surface area contributed by atoms with Gasteiger partial charge >= 0.3 is 6.18 Å². The summed E-state index contributed by atoms with van der Waals surface area (Å²) >= 11 is 0. The summed E-state index contributed by atoms with van der Waals surface area (Å²) in [6.07, 6.45) is -3.09. The molecule has 0 atom stereocenters. The van der Waals surface area contributed by atoms with Gasteiger partial charge < -0.3 is 14.4 Å². The zero-order valence-corrected chi connectivity index (χ0v) is 9.41. The number of halogens is 3. The fourth-order valence-corrected chi connectivity index (χ4v) is 1.93. The molecule has 0 aromatic carbocycles. The molecule has 0 unspecified atom stereocenters. The second-order valence-corrected chi connectivity index (χ2v) is 4.33. The number of alkyl halides is 3. The minimum Gasteiger partial charge on any atom is -0.472 e. The first-order chi connectivity index (χ1) is 8.33. The van der Waals surface area contributed by atoms with Crippen molar-refractivity contribution in [2.45, 2.75) is 24.6 Å². The van der Waals surface area contributed by atoms with E-state index in [1.165, 1.54) is 23.5 Å². The van der Waals surface area contributed by atoms with Crippen molar-refractivity contribution >= 4 is 5.91 Å². The topological polar surface area (TPSA) is 53.7 Å². The van der Waals surface area contributed by atoms with Crippen LogP contribution in [-0.4, -0.2) is 40.8 Å². The van der Waals surface area contributed by atoms with Gasteiger partial charge in [-0.05, 0) is 6.07 Å². The summed E-state index contributed by atoms with van der Waals surface area (Å²) in [5, 5.41) is 9.46. The molecule has 7 heteroatoms. The summed E-state index contributed by atoms with van der Waals surface area (Å²) in [4.78, 5) is 13.1. The van der Waals surface area contributed by atoms with E-state index in [-0.39, 0.29) is 19.0 Å². The monoisotopic (exact) mass is 263 g/mol. The molecule has 0 saturated carbocycles. The zero-order valence-electron chi connectivity index (χ0n) is 9.41. The molecule has 1 aliphatic rings. The number of likely N-dealkylation sites (tertiary alicyclic amines) is 1. The van der Waals surface area contributed by atoms with Crippen LogP contribution in [0.5, 0.6) is 0 Å². The molecule has 0 spiro atoms. The van der Waals surface area contributed by atoms with Crippen LogP contribution in [-0.2, 0) is 0 Å². The lowest BCUT2D eigenvalue weighted by Gasteiger charge is -2.38. The second kappa shape index (κ2) is 4.31. The predicted molar refractivity (Wildman–Crippen MR) is 54.9 cm³/mol. The van der Waals surface area contributed by atoms with Crippen molar-refractivity contribution in [3.8, 4) is 0 Å². The minimum atomic E-state index is -4.65. The third-order valence-corrected chi connectivity index (χ3v) is 3.17. The van der Waals surface area contributed by atoms with Crippen molar-refractivity contribution in [2.24, 2.45) is 0 Å². The SMILES string of the molecule is O=C(c1ccoc1)N1CCC(O)(C(F)(F)F)CC1. The van der Waals surface area contributed by atoms with Crippen LogP contribution in [0.3, 0.4) is 0 Å². The van der Waals surface area contributed by atoms with Crippen LogP contribution in [0.2, 0.25) is 0 Å². The Morgan fingerprint density at radius 3 is 2.44 bits per heavy atom. The maximum Gasteiger partial charge on any atom is 0.417 e. The molecule has 1 N–H and O–H groups in total. The Hall–Kier alpha value is -1.50. The highest BCUT2D eigenvalue weighted by molar-refractivity contribution is 5.93. The van der Waals surface area contributed by atoms with Crippen LogP contribution in [0, 0.1) is 0 Å². The number of piperidine rings is 1. The largest absolute Gasteiger partial charge is 0.472 e. The third kappa shape index (κ3) is 2.22. The van der Waals surface area contributed by atoms with E-state index >= 15 is 0 Å². The molecule has 18 heavy (non-hydrogen) atoms. The Morgan fingerprint density at radius 1 is 1.39 bits per heavy atom. The summed E-state index contributed by atoms with van der Waals surface area (Å²) in [6, 6.07) is 1.45. The molecule has 2 rings (SSSR count). The maximum atomic E-state index is 12.6. The lowest BCUT2D eigenvalue weighted by Crippen LogP contribution is -2.54. The van der Waals surface area contributed by atoms with Crippen molar-refractivity contribution in [3.63, 3.8) is 0 Å². The number of aliphatic hydroxyl groups is 1. The lowest BCUT2D eigenvalue weighted by atomic mass is 9.90. The molecule has 1 amide bonds. The molecule has 1 aliphatic heterocycles. The van der Waals surface area contributed by atoms with E-state index in [2.05, 4.69) is 0 Å². The molecule has 1 aromatic heterocycles. The average Bonchev–Trinajstić information content (AvgIpc) is 2.81. The highest BCUT2D eigenvalue weighted by Crippen LogP contribution is 2.38. The van der Waals surface area contributed by atoms with Crippen molar-refractivity contribution in [2.75, 3.05) is 13.1 Å². The van der Waals surface area contributed by atoms with Gasteiger partial charge in [0.2, 0.25) is 0 Å². The highest BCUT2D eigenvalue weighted by atomic mass is 19.4. The van der Waals surface area contributed by atoms with Gasteiger partial charge in [0, 0.05) is 25.9 Å². The number of carbonyl (C=O) groups excluding carboxylic acids is 1. The van der Waals surface area contributed by atoms with E-state index in [0.29, 0.717) is 5.56 Å². The normalized spacial score (nSPS) is 19.9. The first kappa shape index (κ1) is 12.9. The maximum absolute atomic E-state index is 12.6. The van der Waals surface area contributed by atoms with E-state index in [4.69, 9.17) is 4.42 Å². The Kier molecular flexibility index (Phi) is 3.10. The van der Waals surface area contributed by atoms with E-state index < -0.39 is 24.6 Å². The van der Waals surface area contributed by atoms with Gasteiger partial charge in [-0.25, -0.2) is 0 Å². The summed E-state index contributed by atoms with van der Waals surface area (Å²) in [6.45, 7) is -0.250. The standard InChI is InChI=1S/C11H12F3NO3/c12-11(13,14)10(17)2-4-15(5-3-10)9(16)8-1-6-18-7-8/h1,6-7,17H,2-5H2. The molecule has 1 saturated heterocycles. The van der Waals surface area contributed by atoms with E-state index in [0.717, 1.165) is 0 Å². The van der Waals surface area contributed by atoms with E-state index in [9.17, 15) is 23.1 Å². The molecule has 1 aromatic rings. The van der Waals surface area contributed by atoms with Gasteiger partial charge in [-0.1, -0.05) is 0 Å². The quantitative estimate of drug-likeness (QED) is 0.840. The van der Waals surface area contributed by atoms with E-state index in [1.807, 2.05) is 0 Å². The van der Waals surface area contributed by atoms with Crippen molar-refractivity contribution in [1.82, 2.24) is 4.90 Å². The molecular weight excluding hydrogens is 251 g/mol. The Bertz CT molecular complexity index is 419. The second-order valence-electron chi connectivity index (χ2n) is 4.33. The number of amides is 1. The first-order valence-corrected chi connectivity index (χ1v) is 5.44. The van der Waals surface area contributed by atoms with Gasteiger partial charge in [-0.15, -0.1) is 0 Å². The Balaban J connectivity index is 2.01. The predicted octanol–water partition coefficient (Wildman–Crippen LogP) is 1.81. The third-order valence-electron chi connectivity index (χ3n) is 3.17. The fourth-order valence-electron chi connectivity index (χ4n) is 1.93. The van der Waals surface area contributed by atoms with E-state index in [1.54, 1.807) is 0 Å². The van der Waals surface area contributed by atoms with Gasteiger partial charge in [-0.2, -0.15) is 13.2 Å². The van der Waals surface area contributed by atoms with Crippen LogP contribution in [0.1, 0.15) is 23.2 Å². The van der Waals surface area contributed by atoms with Crippen molar-refractivity contribution in [1.29, 1.82) is 0 Å². The number of hydrogen-bond donors (Lipinski definition) is 1. The number of nitrogens with zero attached hydrogens (tertiary/aromatic N) is 1. The molecule has 2 heterocycles. The molecule has 100 valence electrons. The number of rotatable bonds is 1. The summed E-state index contributed by atoms with van der Waals surface area (Å²) < 4.78 is 42.4. The van der Waals surface area contributed by atoms with Crippen molar-refractivity contribution in [3.05, 3.63) is 24.2 Å². The van der Waals surface area contributed by atoms with Crippen LogP contribution < -0.4 is 0 Å². The van der Waals surface area contributed by atoms with Gasteiger partial charge in [0.1, 0.15) is 6.26 Å². The molecular formula is C11H12F3NO3. The fraction of sp³-hybridized carbons (Fsp3) is 0.545. The van der Waals surface area contributed by atoms with Crippen molar-refractivity contribution < 1.29 is 27.5 Å². The zero-order chi connectivity index (χ0) is 13.4. The molecule has 0 bridgehead atoms. The van der Waals surface area contributed by atoms with Gasteiger partial charge in [0.25, 0.3) is 5.91 Å². The Labute approximate surface area is 101 Å². The Morgan fingerprint density at radius 2 is 2.00 bits per heavy atom. The molecule has 1 fully saturated rings. The highest BCUT2D eigenvalue weighted by Gasteiger charge is 2.54. The van der Waals surface area contributed by atoms with Crippen LogP contribution >= 0.6 is 0 Å². The number of furan rings is 1. The lowest BCUT2D eigenvalue weighted by molar-refractivity contribution is -0.271. The molecule has 4 nitrogen and oxygen atoms in total. The van der Waals surface area contributed by atoms with Crippen LogP contribution in [0.25, 0.3) is 0 Å². The number of carbonyl (C=O) groups is 1. The van der Waals surface area contributed by atoms with Gasteiger partial charge in [0.15, 0.2) is 5.60 Å². The van der Waals surface area contributed by atoms with Gasteiger partial charge in [-0.3, -0.25) is 4.79 Å². The van der Waals surface area contributed by atoms with Crippen LogP contribution in [0.4, 0.5) is 13.2 Å². The van der Waals surface area contributed by atoms with Gasteiger partial charge in [0.05, 0.1) is 11.8 Å². The number of hydrogen-bond acceptors (Lipinski definition) is 3. The molecule has 0 radical (unpaired) electrons. The smallest absolute Gasteiger partial charge is 0.417 e. The van der Waals surface area contributed by atoms with Crippen LogP contribution in [0.15, 0.2) is 23.0 Å². The summed E-state index contributed by atoms with van der Waals surface area (Å²) in [5.41, 5.74) is -2.38. The average molecular weight is 263 g/mol. The summed E-state index contributed by atoms with van der Waals surface area (Å²) in [5.74, 6) is -0.382. The molecule has 0 aliphatic carbocycles. The first-order valence-electron chi connectivity index (χ1n) is 5.44. The summed E-state index contributed by atoms with van der Waals surface area (Å²) in [7, 11) is 0.